The van der Waals surface area contributed by atoms with Gasteiger partial charge in [-0.3, -0.25) is 9.59 Å². The number of amides is 1. The molecule has 1 amide bonds. The highest BCUT2D eigenvalue weighted by molar-refractivity contribution is 7.19. The fraction of sp³-hybridized carbons (Fsp3) is 0.364. The molecule has 162 valence electrons. The molecule has 0 bridgehead atoms. The topological polar surface area (TPSA) is 113 Å². The van der Waals surface area contributed by atoms with Gasteiger partial charge in [0.05, 0.1) is 21.3 Å². The first-order chi connectivity index (χ1) is 14.9. The molecule has 1 atom stereocenters. The molecule has 31 heavy (non-hydrogen) atoms. The second kappa shape index (κ2) is 8.60. The van der Waals surface area contributed by atoms with Crippen LogP contribution in [0.1, 0.15) is 40.3 Å². The zero-order valence-electron chi connectivity index (χ0n) is 17.7. The quantitative estimate of drug-likeness (QED) is 0.409. The number of nitrogens with one attached hydrogen (secondary N) is 2. The van der Waals surface area contributed by atoms with Crippen LogP contribution in [0.5, 0.6) is 0 Å². The lowest BCUT2D eigenvalue weighted by Crippen LogP contribution is -2.31. The SMILES string of the molecule is CCc1nn(C)c(=O)c2c(C(=O)NCC(C)CO)c(Cc3c[nH]c4ncccc34)sc12. The van der Waals surface area contributed by atoms with Gasteiger partial charge in [0.2, 0.25) is 0 Å². The molecule has 0 fully saturated rings. The van der Waals surface area contributed by atoms with E-state index in [1.54, 1.807) is 13.2 Å². The van der Waals surface area contributed by atoms with Crippen LogP contribution in [0, 0.1) is 5.92 Å². The predicted molar refractivity (Wildman–Crippen MR) is 122 cm³/mol. The van der Waals surface area contributed by atoms with Crippen LogP contribution in [0.15, 0.2) is 29.3 Å². The van der Waals surface area contributed by atoms with Crippen LogP contribution >= 0.6 is 11.3 Å². The third-order valence-corrected chi connectivity index (χ3v) is 6.63. The van der Waals surface area contributed by atoms with E-state index < -0.39 is 0 Å². The summed E-state index contributed by atoms with van der Waals surface area (Å²) in [5, 5.41) is 18.0. The lowest BCUT2D eigenvalue weighted by atomic mass is 10.0. The van der Waals surface area contributed by atoms with Gasteiger partial charge in [0.15, 0.2) is 0 Å². The number of carbonyl (C=O) groups is 1. The number of hydrogen-bond donors (Lipinski definition) is 3. The van der Waals surface area contributed by atoms with Gasteiger partial charge < -0.3 is 15.4 Å². The summed E-state index contributed by atoms with van der Waals surface area (Å²) in [6, 6.07) is 3.87. The van der Waals surface area contributed by atoms with E-state index in [0.717, 1.165) is 31.9 Å². The van der Waals surface area contributed by atoms with Gasteiger partial charge in [-0.05, 0) is 30.0 Å². The van der Waals surface area contributed by atoms with Crippen molar-refractivity contribution in [2.24, 2.45) is 13.0 Å². The monoisotopic (exact) mass is 439 g/mol. The van der Waals surface area contributed by atoms with Gasteiger partial charge >= 0.3 is 0 Å². The second-order valence-electron chi connectivity index (χ2n) is 7.72. The van der Waals surface area contributed by atoms with Gasteiger partial charge in [-0.1, -0.05) is 13.8 Å². The van der Waals surface area contributed by atoms with Gasteiger partial charge in [-0.25, -0.2) is 9.67 Å². The van der Waals surface area contributed by atoms with E-state index in [1.807, 2.05) is 32.2 Å². The van der Waals surface area contributed by atoms with Gasteiger partial charge in [0, 0.05) is 49.3 Å². The summed E-state index contributed by atoms with van der Waals surface area (Å²) in [4.78, 5) is 34.6. The molecule has 8 nitrogen and oxygen atoms in total. The van der Waals surface area contributed by atoms with Crippen LogP contribution < -0.4 is 10.9 Å². The van der Waals surface area contributed by atoms with Crippen molar-refractivity contribution in [3.63, 3.8) is 0 Å². The number of thiophene rings is 1. The number of aliphatic hydroxyl groups excluding tert-OH is 1. The van der Waals surface area contributed by atoms with Crippen LogP contribution in [0.2, 0.25) is 0 Å². The van der Waals surface area contributed by atoms with E-state index in [-0.39, 0.29) is 24.0 Å². The Balaban J connectivity index is 1.88. The van der Waals surface area contributed by atoms with Crippen LogP contribution in [-0.2, 0) is 19.9 Å². The lowest BCUT2D eigenvalue weighted by molar-refractivity contribution is 0.0943. The molecule has 0 aromatic carbocycles. The summed E-state index contributed by atoms with van der Waals surface area (Å²) >= 11 is 1.45. The molecular weight excluding hydrogens is 414 g/mol. The number of rotatable bonds is 7. The Morgan fingerprint density at radius 2 is 2.23 bits per heavy atom. The van der Waals surface area contributed by atoms with Crippen molar-refractivity contribution in [3.05, 3.63) is 56.6 Å². The molecule has 4 heterocycles. The highest BCUT2D eigenvalue weighted by Gasteiger charge is 2.25. The number of carbonyl (C=O) groups excluding carboxylic acids is 1. The Bertz CT molecular complexity index is 1320. The number of aromatic nitrogens is 4. The normalized spacial score (nSPS) is 12.5. The molecule has 0 aliphatic heterocycles. The molecule has 4 rings (SSSR count). The third-order valence-electron chi connectivity index (χ3n) is 5.39. The molecule has 3 N–H and O–H groups in total. The van der Waals surface area contributed by atoms with E-state index in [0.29, 0.717) is 30.3 Å². The van der Waals surface area contributed by atoms with Crippen LogP contribution in [0.3, 0.4) is 0 Å². The first kappa shape index (κ1) is 21.2. The Labute approximate surface area is 182 Å². The Kier molecular flexibility index (Phi) is 5.88. The van der Waals surface area contributed by atoms with Gasteiger partial charge in [-0.2, -0.15) is 5.10 Å². The smallest absolute Gasteiger partial charge is 0.276 e. The van der Waals surface area contributed by atoms with E-state index in [9.17, 15) is 14.7 Å². The molecule has 0 aliphatic carbocycles. The Hall–Kier alpha value is -3.04. The van der Waals surface area contributed by atoms with Crippen LogP contribution in [-0.4, -0.2) is 43.9 Å². The zero-order chi connectivity index (χ0) is 22.1. The van der Waals surface area contributed by atoms with Gasteiger partial charge in [0.25, 0.3) is 11.5 Å². The number of fused-ring (bicyclic) bond motifs is 2. The van der Waals surface area contributed by atoms with E-state index >= 15 is 0 Å². The number of H-pyrrole nitrogens is 1. The van der Waals surface area contributed by atoms with Crippen molar-refractivity contribution >= 4 is 38.4 Å². The minimum atomic E-state index is -0.301. The second-order valence-corrected chi connectivity index (χ2v) is 8.83. The highest BCUT2D eigenvalue weighted by Crippen LogP contribution is 2.34. The molecule has 0 saturated carbocycles. The minimum Gasteiger partial charge on any atom is -0.396 e. The maximum atomic E-state index is 13.2. The van der Waals surface area contributed by atoms with E-state index in [4.69, 9.17) is 0 Å². The molecule has 4 aromatic heterocycles. The molecule has 0 radical (unpaired) electrons. The molecule has 4 aromatic rings. The van der Waals surface area contributed by atoms with Crippen molar-refractivity contribution in [2.75, 3.05) is 13.2 Å². The maximum Gasteiger partial charge on any atom is 0.276 e. The van der Waals surface area contributed by atoms with Gasteiger partial charge in [-0.15, -0.1) is 11.3 Å². The number of aliphatic hydroxyl groups is 1. The lowest BCUT2D eigenvalue weighted by Gasteiger charge is -2.11. The van der Waals surface area contributed by atoms with Crippen molar-refractivity contribution in [1.29, 1.82) is 0 Å². The van der Waals surface area contributed by atoms with E-state index in [1.165, 1.54) is 16.0 Å². The van der Waals surface area contributed by atoms with Crippen molar-refractivity contribution in [3.8, 4) is 0 Å². The molecule has 0 spiro atoms. The average Bonchev–Trinajstić information content (AvgIpc) is 3.36. The minimum absolute atomic E-state index is 0.0223. The molecular formula is C22H25N5O3S. The van der Waals surface area contributed by atoms with Crippen LogP contribution in [0.4, 0.5) is 0 Å². The average molecular weight is 440 g/mol. The van der Waals surface area contributed by atoms with E-state index in [2.05, 4.69) is 20.4 Å². The summed E-state index contributed by atoms with van der Waals surface area (Å²) in [6.07, 6.45) is 4.78. The first-order valence-corrected chi connectivity index (χ1v) is 11.1. The number of aromatic amines is 1. The first-order valence-electron chi connectivity index (χ1n) is 10.3. The third kappa shape index (κ3) is 3.86. The summed E-state index contributed by atoms with van der Waals surface area (Å²) in [5.41, 5.74) is 2.71. The zero-order valence-corrected chi connectivity index (χ0v) is 18.5. The maximum absolute atomic E-state index is 13.2. The Morgan fingerprint density at radius 1 is 1.42 bits per heavy atom. The highest BCUT2D eigenvalue weighted by atomic mass is 32.1. The molecule has 9 heteroatoms. The number of aryl methyl sites for hydroxylation is 2. The summed E-state index contributed by atoms with van der Waals surface area (Å²) in [6.45, 7) is 4.14. The van der Waals surface area contributed by atoms with Crippen LogP contribution in [0.25, 0.3) is 21.1 Å². The molecule has 1 unspecified atom stereocenters. The fourth-order valence-corrected chi connectivity index (χ4v) is 5.03. The standard InChI is InChI=1S/C22H25N5O3S/c1-4-15-19-18(22(30)27(3)26-15)17(21(29)25-9-12(2)11-28)16(31-19)8-13-10-24-20-14(13)6-5-7-23-20/h5-7,10,12,28H,4,8-9,11H2,1-3H3,(H,23,24)(H,25,29). The number of hydrogen-bond acceptors (Lipinski definition) is 6. The predicted octanol–water partition coefficient (Wildman–Crippen LogP) is 2.38. The Morgan fingerprint density at radius 3 is 2.97 bits per heavy atom. The molecule has 0 aliphatic rings. The fourth-order valence-electron chi connectivity index (χ4n) is 3.67. The summed E-state index contributed by atoms with van der Waals surface area (Å²) < 4.78 is 2.07. The van der Waals surface area contributed by atoms with Crippen molar-refractivity contribution in [1.82, 2.24) is 25.1 Å². The number of pyridine rings is 1. The summed E-state index contributed by atoms with van der Waals surface area (Å²) in [7, 11) is 1.61. The number of nitrogens with zero attached hydrogens (tertiary/aromatic N) is 3. The van der Waals surface area contributed by atoms with Crippen molar-refractivity contribution in [2.45, 2.75) is 26.7 Å². The van der Waals surface area contributed by atoms with Gasteiger partial charge in [0.1, 0.15) is 5.65 Å². The summed E-state index contributed by atoms with van der Waals surface area (Å²) in [5.74, 6) is -0.377. The largest absolute Gasteiger partial charge is 0.396 e. The van der Waals surface area contributed by atoms with Crippen molar-refractivity contribution < 1.29 is 9.90 Å². The molecule has 0 saturated heterocycles.